The molecule has 4 heteroatoms. The van der Waals surface area contributed by atoms with Crippen LogP contribution >= 0.6 is 11.6 Å². The number of hydrogen-bond donors (Lipinski definition) is 1. The van der Waals surface area contributed by atoms with Gasteiger partial charge in [0.25, 0.3) is 0 Å². The lowest BCUT2D eigenvalue weighted by atomic mass is 10.2. The summed E-state index contributed by atoms with van der Waals surface area (Å²) in [6.07, 6.45) is 2.51. The molecule has 0 bridgehead atoms. The van der Waals surface area contributed by atoms with Crippen LogP contribution in [0.5, 0.6) is 5.75 Å². The summed E-state index contributed by atoms with van der Waals surface area (Å²) >= 11 is 6.07. The van der Waals surface area contributed by atoms with E-state index in [0.29, 0.717) is 16.3 Å². The lowest BCUT2D eigenvalue weighted by Gasteiger charge is -2.12. The molecular weight excluding hydrogens is 228 g/mol. The van der Waals surface area contributed by atoms with E-state index in [2.05, 4.69) is 0 Å². The smallest absolute Gasteiger partial charge is 0.328 e. The summed E-state index contributed by atoms with van der Waals surface area (Å²) < 4.78 is 5.48. The maximum Gasteiger partial charge on any atom is 0.328 e. The van der Waals surface area contributed by atoms with Crippen LogP contribution in [0.4, 0.5) is 0 Å². The Balaban J connectivity index is 2.99. The molecule has 1 N–H and O–H groups in total. The molecule has 0 heterocycles. The lowest BCUT2D eigenvalue weighted by molar-refractivity contribution is -0.131. The van der Waals surface area contributed by atoms with Crippen LogP contribution < -0.4 is 4.74 Å². The largest absolute Gasteiger partial charge is 0.489 e. The number of aliphatic carboxylic acids is 1. The third-order valence-electron chi connectivity index (χ3n) is 1.76. The van der Waals surface area contributed by atoms with E-state index in [9.17, 15) is 4.79 Å². The van der Waals surface area contributed by atoms with Crippen molar-refractivity contribution in [3.05, 3.63) is 34.9 Å². The first-order valence-electron chi connectivity index (χ1n) is 4.87. The second kappa shape index (κ2) is 5.56. The Morgan fingerprint density at radius 3 is 2.75 bits per heavy atom. The van der Waals surface area contributed by atoms with Gasteiger partial charge in [0.05, 0.1) is 11.1 Å². The highest BCUT2D eigenvalue weighted by molar-refractivity contribution is 6.33. The van der Waals surface area contributed by atoms with Crippen LogP contribution in [0, 0.1) is 0 Å². The molecule has 1 aromatic rings. The lowest BCUT2D eigenvalue weighted by Crippen LogP contribution is -2.06. The van der Waals surface area contributed by atoms with Gasteiger partial charge in [0.15, 0.2) is 0 Å². The zero-order chi connectivity index (χ0) is 12.1. The molecule has 1 aromatic carbocycles. The zero-order valence-corrected chi connectivity index (χ0v) is 9.86. The second-order valence-corrected chi connectivity index (χ2v) is 3.88. The topological polar surface area (TPSA) is 46.5 Å². The van der Waals surface area contributed by atoms with Crippen LogP contribution in [-0.2, 0) is 4.79 Å². The third kappa shape index (κ3) is 3.59. The van der Waals surface area contributed by atoms with Crippen molar-refractivity contribution in [3.63, 3.8) is 0 Å². The summed E-state index contributed by atoms with van der Waals surface area (Å²) in [5.41, 5.74) is 0.627. The van der Waals surface area contributed by atoms with Crippen LogP contribution in [0.15, 0.2) is 24.3 Å². The van der Waals surface area contributed by atoms with Gasteiger partial charge in [-0.1, -0.05) is 23.7 Å². The van der Waals surface area contributed by atoms with E-state index >= 15 is 0 Å². The first-order chi connectivity index (χ1) is 7.50. The SMILES string of the molecule is CC(C)Oc1cccc(/C=C/C(=O)O)c1Cl. The Bertz CT molecular complexity index is 411. The van der Waals surface area contributed by atoms with Gasteiger partial charge in [-0.15, -0.1) is 0 Å². The number of carbonyl (C=O) groups is 1. The van der Waals surface area contributed by atoms with Gasteiger partial charge in [0.2, 0.25) is 0 Å². The summed E-state index contributed by atoms with van der Waals surface area (Å²) in [5, 5.41) is 8.94. The molecular formula is C12H13ClO3. The molecule has 0 aliphatic rings. The Kier molecular flexibility index (Phi) is 4.38. The first kappa shape index (κ1) is 12.6. The number of benzene rings is 1. The molecule has 16 heavy (non-hydrogen) atoms. The Morgan fingerprint density at radius 1 is 1.50 bits per heavy atom. The van der Waals surface area contributed by atoms with Gasteiger partial charge in [-0.05, 0) is 31.6 Å². The van der Waals surface area contributed by atoms with Crippen molar-refractivity contribution in [1.29, 1.82) is 0 Å². The molecule has 86 valence electrons. The van der Waals surface area contributed by atoms with Crippen LogP contribution in [0.25, 0.3) is 6.08 Å². The molecule has 3 nitrogen and oxygen atoms in total. The van der Waals surface area contributed by atoms with Crippen molar-refractivity contribution >= 4 is 23.6 Å². The fourth-order valence-electron chi connectivity index (χ4n) is 1.16. The Morgan fingerprint density at radius 2 is 2.19 bits per heavy atom. The van der Waals surface area contributed by atoms with Crippen molar-refractivity contribution in [2.45, 2.75) is 20.0 Å². The van der Waals surface area contributed by atoms with Crippen LogP contribution in [0.2, 0.25) is 5.02 Å². The standard InChI is InChI=1S/C12H13ClO3/c1-8(2)16-10-5-3-4-9(12(10)13)6-7-11(14)15/h3-8H,1-2H3,(H,14,15)/b7-6+. The van der Waals surface area contributed by atoms with Crippen molar-refractivity contribution in [1.82, 2.24) is 0 Å². The molecule has 0 saturated carbocycles. The maximum absolute atomic E-state index is 10.4. The minimum Gasteiger partial charge on any atom is -0.489 e. The second-order valence-electron chi connectivity index (χ2n) is 3.50. The number of hydrogen-bond acceptors (Lipinski definition) is 2. The molecule has 0 fully saturated rings. The molecule has 0 spiro atoms. The zero-order valence-electron chi connectivity index (χ0n) is 9.11. The van der Waals surface area contributed by atoms with Gasteiger partial charge < -0.3 is 9.84 Å². The predicted molar refractivity (Wildman–Crippen MR) is 63.9 cm³/mol. The van der Waals surface area contributed by atoms with Gasteiger partial charge in [0, 0.05) is 6.08 Å². The van der Waals surface area contributed by atoms with Gasteiger partial charge in [-0.25, -0.2) is 4.79 Å². The maximum atomic E-state index is 10.4. The number of ether oxygens (including phenoxy) is 1. The minimum atomic E-state index is -1.01. The molecule has 0 saturated heterocycles. The predicted octanol–water partition coefficient (Wildman–Crippen LogP) is 3.23. The van der Waals surface area contributed by atoms with Crippen molar-refractivity contribution in [3.8, 4) is 5.75 Å². The van der Waals surface area contributed by atoms with Crippen molar-refractivity contribution in [2.24, 2.45) is 0 Å². The Labute approximate surface area is 99.3 Å². The number of halogens is 1. The molecule has 0 unspecified atom stereocenters. The summed E-state index contributed by atoms with van der Waals surface area (Å²) in [4.78, 5) is 10.4. The molecule has 0 aliphatic carbocycles. The first-order valence-corrected chi connectivity index (χ1v) is 5.24. The minimum absolute atomic E-state index is 0.0243. The molecule has 1 rings (SSSR count). The highest BCUT2D eigenvalue weighted by atomic mass is 35.5. The monoisotopic (exact) mass is 240 g/mol. The third-order valence-corrected chi connectivity index (χ3v) is 2.17. The van der Waals surface area contributed by atoms with E-state index in [0.717, 1.165) is 6.08 Å². The van der Waals surface area contributed by atoms with E-state index in [1.807, 2.05) is 13.8 Å². The summed E-state index contributed by atoms with van der Waals surface area (Å²) in [5.74, 6) is -0.449. The fourth-order valence-corrected chi connectivity index (χ4v) is 1.40. The molecule has 0 aliphatic heterocycles. The Hall–Kier alpha value is -1.48. The number of carboxylic acid groups (broad SMARTS) is 1. The molecule has 0 amide bonds. The molecule has 0 radical (unpaired) electrons. The number of carboxylic acids is 1. The quantitative estimate of drug-likeness (QED) is 0.822. The van der Waals surface area contributed by atoms with Gasteiger partial charge >= 0.3 is 5.97 Å². The van der Waals surface area contributed by atoms with E-state index in [1.54, 1.807) is 18.2 Å². The summed E-state index contributed by atoms with van der Waals surface area (Å²) in [6, 6.07) is 5.25. The highest BCUT2D eigenvalue weighted by Gasteiger charge is 2.06. The average molecular weight is 241 g/mol. The van der Waals surface area contributed by atoms with Crippen LogP contribution in [0.1, 0.15) is 19.4 Å². The number of rotatable bonds is 4. The van der Waals surface area contributed by atoms with E-state index in [4.69, 9.17) is 21.4 Å². The van der Waals surface area contributed by atoms with E-state index < -0.39 is 5.97 Å². The highest BCUT2D eigenvalue weighted by Crippen LogP contribution is 2.29. The van der Waals surface area contributed by atoms with Gasteiger partial charge in [-0.2, -0.15) is 0 Å². The van der Waals surface area contributed by atoms with Crippen LogP contribution in [0.3, 0.4) is 0 Å². The summed E-state index contributed by atoms with van der Waals surface area (Å²) in [6.45, 7) is 3.80. The van der Waals surface area contributed by atoms with Crippen molar-refractivity contribution < 1.29 is 14.6 Å². The average Bonchev–Trinajstić information content (AvgIpc) is 2.18. The van der Waals surface area contributed by atoms with Gasteiger partial charge in [-0.3, -0.25) is 0 Å². The van der Waals surface area contributed by atoms with E-state index in [1.165, 1.54) is 6.08 Å². The van der Waals surface area contributed by atoms with Crippen LogP contribution in [-0.4, -0.2) is 17.2 Å². The molecule has 0 atom stereocenters. The summed E-state index contributed by atoms with van der Waals surface area (Å²) in [7, 11) is 0. The van der Waals surface area contributed by atoms with E-state index in [-0.39, 0.29) is 6.10 Å². The van der Waals surface area contributed by atoms with Crippen molar-refractivity contribution in [2.75, 3.05) is 0 Å². The van der Waals surface area contributed by atoms with Gasteiger partial charge in [0.1, 0.15) is 5.75 Å². The molecule has 0 aromatic heterocycles. The normalized spacial score (nSPS) is 11.0. The fraction of sp³-hybridized carbons (Fsp3) is 0.250.